The first-order valence-corrected chi connectivity index (χ1v) is 8.54. The van der Waals surface area contributed by atoms with Crippen LogP contribution in [0.15, 0.2) is 24.3 Å². The Bertz CT molecular complexity index is 405. The van der Waals surface area contributed by atoms with E-state index in [4.69, 9.17) is 0 Å². The zero-order valence-electron chi connectivity index (χ0n) is 10.3. The summed E-state index contributed by atoms with van der Waals surface area (Å²) in [6.07, 6.45) is 6.58. The molecule has 1 aliphatic rings. The lowest BCUT2D eigenvalue weighted by Crippen LogP contribution is -2.18. The highest BCUT2D eigenvalue weighted by molar-refractivity contribution is 14.1. The molecule has 0 radical (unpaired) electrons. The number of thioether (sulfide) groups is 1. The number of amides is 1. The molecule has 2 rings (SSSR count). The second kappa shape index (κ2) is 7.38. The average molecular weight is 375 g/mol. The summed E-state index contributed by atoms with van der Waals surface area (Å²) >= 11 is 4.06. The molecular weight excluding hydrogens is 357 g/mol. The van der Waals surface area contributed by atoms with Crippen molar-refractivity contribution in [2.24, 2.45) is 0 Å². The highest BCUT2D eigenvalue weighted by Gasteiger charge is 2.15. The molecule has 4 heteroatoms. The number of halogens is 1. The minimum Gasteiger partial charge on any atom is -0.324 e. The van der Waals surface area contributed by atoms with E-state index in [0.29, 0.717) is 11.0 Å². The largest absolute Gasteiger partial charge is 0.324 e. The lowest BCUT2D eigenvalue weighted by atomic mass is 10.0. The number of carbonyl (C=O) groups is 1. The van der Waals surface area contributed by atoms with Crippen LogP contribution in [0.5, 0.6) is 0 Å². The van der Waals surface area contributed by atoms with Crippen LogP contribution < -0.4 is 5.32 Å². The van der Waals surface area contributed by atoms with E-state index in [1.165, 1.54) is 32.1 Å². The van der Waals surface area contributed by atoms with Gasteiger partial charge in [-0.05, 0) is 47.6 Å². The third-order valence-corrected chi connectivity index (χ3v) is 5.46. The molecule has 98 valence electrons. The molecule has 0 saturated heterocycles. The van der Waals surface area contributed by atoms with Crippen LogP contribution in [0.2, 0.25) is 0 Å². The van der Waals surface area contributed by atoms with Crippen LogP contribution in [0.1, 0.15) is 32.1 Å². The molecule has 1 fully saturated rings. The van der Waals surface area contributed by atoms with Crippen LogP contribution in [0, 0.1) is 3.57 Å². The van der Waals surface area contributed by atoms with E-state index < -0.39 is 0 Å². The van der Waals surface area contributed by atoms with Crippen molar-refractivity contribution in [2.45, 2.75) is 37.4 Å². The maximum atomic E-state index is 11.9. The van der Waals surface area contributed by atoms with Gasteiger partial charge in [0, 0.05) is 8.82 Å². The lowest BCUT2D eigenvalue weighted by Gasteiger charge is -2.20. The van der Waals surface area contributed by atoms with Crippen molar-refractivity contribution < 1.29 is 4.79 Å². The second-order valence-corrected chi connectivity index (χ2v) is 7.05. The highest BCUT2D eigenvalue weighted by Crippen LogP contribution is 2.28. The Morgan fingerprint density at radius 1 is 1.28 bits per heavy atom. The van der Waals surface area contributed by atoms with E-state index in [0.717, 1.165) is 9.26 Å². The molecule has 0 aromatic heterocycles. The van der Waals surface area contributed by atoms with Gasteiger partial charge < -0.3 is 5.32 Å². The average Bonchev–Trinajstić information content (AvgIpc) is 2.40. The molecule has 18 heavy (non-hydrogen) atoms. The van der Waals surface area contributed by atoms with Gasteiger partial charge in [-0.3, -0.25) is 4.79 Å². The van der Waals surface area contributed by atoms with Crippen molar-refractivity contribution in [1.29, 1.82) is 0 Å². The van der Waals surface area contributed by atoms with Crippen molar-refractivity contribution in [3.8, 4) is 0 Å². The van der Waals surface area contributed by atoms with Gasteiger partial charge in [0.2, 0.25) is 5.91 Å². The maximum Gasteiger partial charge on any atom is 0.234 e. The topological polar surface area (TPSA) is 29.1 Å². The minimum absolute atomic E-state index is 0.120. The first kappa shape index (κ1) is 14.2. The monoisotopic (exact) mass is 375 g/mol. The first-order chi connectivity index (χ1) is 8.75. The van der Waals surface area contributed by atoms with Gasteiger partial charge in [-0.25, -0.2) is 0 Å². The SMILES string of the molecule is O=C(CSC1CCCCC1)Nc1ccccc1I. The number of carbonyl (C=O) groups excluding carboxylic acids is 1. The summed E-state index contributed by atoms with van der Waals surface area (Å²) in [6.45, 7) is 0. The minimum atomic E-state index is 0.120. The van der Waals surface area contributed by atoms with Gasteiger partial charge in [-0.2, -0.15) is 0 Å². The summed E-state index contributed by atoms with van der Waals surface area (Å²) in [5, 5.41) is 3.68. The summed E-state index contributed by atoms with van der Waals surface area (Å²) in [5.41, 5.74) is 0.923. The molecule has 1 amide bonds. The Kier molecular flexibility index (Phi) is 5.82. The van der Waals surface area contributed by atoms with Crippen molar-refractivity contribution in [1.82, 2.24) is 0 Å². The normalized spacial score (nSPS) is 16.5. The Balaban J connectivity index is 1.76. The quantitative estimate of drug-likeness (QED) is 0.796. The fourth-order valence-corrected chi connectivity index (χ4v) is 3.82. The van der Waals surface area contributed by atoms with E-state index in [9.17, 15) is 4.79 Å². The number of nitrogens with one attached hydrogen (secondary N) is 1. The smallest absolute Gasteiger partial charge is 0.234 e. The van der Waals surface area contributed by atoms with Crippen LogP contribution >= 0.6 is 34.4 Å². The van der Waals surface area contributed by atoms with Crippen LogP contribution in [0.4, 0.5) is 5.69 Å². The summed E-state index contributed by atoms with van der Waals surface area (Å²) in [4.78, 5) is 11.9. The molecule has 1 aliphatic carbocycles. The Labute approximate surface area is 126 Å². The molecule has 1 N–H and O–H groups in total. The molecular formula is C14H18INOS. The zero-order chi connectivity index (χ0) is 12.8. The van der Waals surface area contributed by atoms with Crippen molar-refractivity contribution in [3.05, 3.63) is 27.8 Å². The van der Waals surface area contributed by atoms with E-state index in [1.807, 2.05) is 36.0 Å². The molecule has 0 unspecified atom stereocenters. The molecule has 0 heterocycles. The fraction of sp³-hybridized carbons (Fsp3) is 0.500. The molecule has 1 saturated carbocycles. The highest BCUT2D eigenvalue weighted by atomic mass is 127. The molecule has 0 aliphatic heterocycles. The molecule has 0 spiro atoms. The Morgan fingerprint density at radius 3 is 2.72 bits per heavy atom. The molecule has 1 aromatic rings. The predicted octanol–water partition coefficient (Wildman–Crippen LogP) is 4.30. The number of hydrogen-bond donors (Lipinski definition) is 1. The summed E-state index contributed by atoms with van der Waals surface area (Å²) < 4.78 is 1.09. The van der Waals surface area contributed by atoms with Gasteiger partial charge in [0.25, 0.3) is 0 Å². The second-order valence-electron chi connectivity index (χ2n) is 4.60. The van der Waals surface area contributed by atoms with E-state index in [1.54, 1.807) is 0 Å². The lowest BCUT2D eigenvalue weighted by molar-refractivity contribution is -0.113. The summed E-state index contributed by atoms with van der Waals surface area (Å²) in [7, 11) is 0. The van der Waals surface area contributed by atoms with E-state index in [-0.39, 0.29) is 5.91 Å². The number of benzene rings is 1. The summed E-state index contributed by atoms with van der Waals surface area (Å²) in [5.74, 6) is 0.699. The molecule has 0 atom stereocenters. The van der Waals surface area contributed by atoms with Gasteiger partial charge in [-0.15, -0.1) is 11.8 Å². The Hall–Kier alpha value is -0.230. The van der Waals surface area contributed by atoms with Gasteiger partial charge in [0.15, 0.2) is 0 Å². The number of rotatable bonds is 4. The zero-order valence-corrected chi connectivity index (χ0v) is 13.3. The molecule has 1 aromatic carbocycles. The maximum absolute atomic E-state index is 11.9. The number of hydrogen-bond acceptors (Lipinski definition) is 2. The Morgan fingerprint density at radius 2 is 2.00 bits per heavy atom. The fourth-order valence-electron chi connectivity index (χ4n) is 2.17. The third-order valence-electron chi connectivity index (χ3n) is 3.15. The van der Waals surface area contributed by atoms with Crippen LogP contribution in [-0.2, 0) is 4.79 Å². The summed E-state index contributed by atoms with van der Waals surface area (Å²) in [6, 6.07) is 7.88. The van der Waals surface area contributed by atoms with Gasteiger partial charge in [-0.1, -0.05) is 31.4 Å². The van der Waals surface area contributed by atoms with E-state index >= 15 is 0 Å². The number of anilines is 1. The van der Waals surface area contributed by atoms with Crippen molar-refractivity contribution in [3.63, 3.8) is 0 Å². The molecule has 2 nitrogen and oxygen atoms in total. The van der Waals surface area contributed by atoms with Crippen molar-refractivity contribution in [2.75, 3.05) is 11.1 Å². The third kappa shape index (κ3) is 4.46. The van der Waals surface area contributed by atoms with Gasteiger partial charge in [0.05, 0.1) is 11.4 Å². The first-order valence-electron chi connectivity index (χ1n) is 6.41. The molecule has 0 bridgehead atoms. The standard InChI is InChI=1S/C14H18INOS/c15-12-8-4-5-9-13(12)16-14(17)10-18-11-6-2-1-3-7-11/h4-5,8-9,11H,1-3,6-7,10H2,(H,16,17). The van der Waals surface area contributed by atoms with Gasteiger partial charge >= 0.3 is 0 Å². The van der Waals surface area contributed by atoms with Crippen LogP contribution in [0.25, 0.3) is 0 Å². The van der Waals surface area contributed by atoms with E-state index in [2.05, 4.69) is 27.9 Å². The van der Waals surface area contributed by atoms with Crippen molar-refractivity contribution >= 4 is 45.9 Å². The van der Waals surface area contributed by atoms with Gasteiger partial charge in [0.1, 0.15) is 0 Å². The number of para-hydroxylation sites is 1. The van der Waals surface area contributed by atoms with Crippen LogP contribution in [0.3, 0.4) is 0 Å². The predicted molar refractivity (Wildman–Crippen MR) is 87.1 cm³/mol. The van der Waals surface area contributed by atoms with Crippen LogP contribution in [-0.4, -0.2) is 16.9 Å².